The first kappa shape index (κ1) is 22.4. The Hall–Kier alpha value is -3.29. The van der Waals surface area contributed by atoms with Gasteiger partial charge in [-0.15, -0.1) is 6.58 Å². The van der Waals surface area contributed by atoms with Crippen molar-refractivity contribution in [3.63, 3.8) is 0 Å². The van der Waals surface area contributed by atoms with Gasteiger partial charge in [-0.1, -0.05) is 48.0 Å². The van der Waals surface area contributed by atoms with Crippen molar-refractivity contribution in [2.75, 3.05) is 10.8 Å². The number of hydrogen-bond donors (Lipinski definition) is 1. The second-order valence-electron chi connectivity index (χ2n) is 6.54. The third kappa shape index (κ3) is 5.25. The minimum Gasteiger partial charge on any atom is -0.487 e. The number of benzene rings is 3. The molecular formula is C23H20ClNO5S. The van der Waals surface area contributed by atoms with E-state index in [0.717, 1.165) is 5.56 Å². The number of halogens is 1. The van der Waals surface area contributed by atoms with Crippen LogP contribution in [0.5, 0.6) is 5.75 Å². The van der Waals surface area contributed by atoms with Gasteiger partial charge < -0.3 is 9.84 Å². The first-order chi connectivity index (χ1) is 14.8. The molecule has 3 aromatic carbocycles. The molecule has 6 nitrogen and oxygen atoms in total. The number of aromatic carboxylic acids is 1. The molecular weight excluding hydrogens is 438 g/mol. The van der Waals surface area contributed by atoms with Gasteiger partial charge in [0, 0.05) is 5.02 Å². The Balaban J connectivity index is 1.95. The molecule has 0 aromatic heterocycles. The molecule has 0 saturated heterocycles. The maximum atomic E-state index is 13.3. The smallest absolute Gasteiger partial charge is 0.335 e. The minimum atomic E-state index is -3.90. The van der Waals surface area contributed by atoms with Crippen LogP contribution >= 0.6 is 11.6 Å². The van der Waals surface area contributed by atoms with Gasteiger partial charge in [0.15, 0.2) is 0 Å². The van der Waals surface area contributed by atoms with Gasteiger partial charge in [-0.05, 0) is 48.0 Å². The Bertz CT molecular complexity index is 1180. The van der Waals surface area contributed by atoms with Crippen LogP contribution in [-0.2, 0) is 16.6 Å². The summed E-state index contributed by atoms with van der Waals surface area (Å²) in [5.41, 5.74) is 1.17. The molecule has 0 heterocycles. The lowest BCUT2D eigenvalue weighted by molar-refractivity contribution is 0.0697. The molecule has 0 spiro atoms. The van der Waals surface area contributed by atoms with E-state index in [1.54, 1.807) is 42.5 Å². The average molecular weight is 458 g/mol. The Morgan fingerprint density at radius 2 is 1.74 bits per heavy atom. The lowest BCUT2D eigenvalue weighted by Crippen LogP contribution is -2.31. The number of carboxylic acid groups (broad SMARTS) is 1. The molecule has 8 heteroatoms. The van der Waals surface area contributed by atoms with Crippen molar-refractivity contribution in [3.8, 4) is 5.75 Å². The summed E-state index contributed by atoms with van der Waals surface area (Å²) >= 11 is 6.16. The zero-order chi connectivity index (χ0) is 22.4. The zero-order valence-electron chi connectivity index (χ0n) is 16.4. The van der Waals surface area contributed by atoms with Crippen LogP contribution in [0.1, 0.15) is 15.9 Å². The van der Waals surface area contributed by atoms with Crippen molar-refractivity contribution in [3.05, 3.63) is 102 Å². The Morgan fingerprint density at radius 3 is 2.35 bits per heavy atom. The lowest BCUT2D eigenvalue weighted by atomic mass is 10.1. The summed E-state index contributed by atoms with van der Waals surface area (Å²) in [5, 5.41) is 9.37. The molecule has 160 valence electrons. The fraction of sp³-hybridized carbons (Fsp3) is 0.0870. The van der Waals surface area contributed by atoms with Crippen molar-refractivity contribution in [1.29, 1.82) is 0 Å². The van der Waals surface area contributed by atoms with Crippen LogP contribution in [0.15, 0.2) is 90.3 Å². The van der Waals surface area contributed by atoms with Gasteiger partial charge >= 0.3 is 5.97 Å². The van der Waals surface area contributed by atoms with E-state index in [2.05, 4.69) is 6.58 Å². The predicted molar refractivity (Wildman–Crippen MR) is 120 cm³/mol. The van der Waals surface area contributed by atoms with Gasteiger partial charge in [0.2, 0.25) is 0 Å². The first-order valence-electron chi connectivity index (χ1n) is 9.26. The molecule has 0 atom stereocenters. The first-order valence-corrected chi connectivity index (χ1v) is 11.1. The van der Waals surface area contributed by atoms with Crippen molar-refractivity contribution >= 4 is 33.3 Å². The van der Waals surface area contributed by atoms with Crippen molar-refractivity contribution in [1.82, 2.24) is 0 Å². The number of carbonyl (C=O) groups is 1. The van der Waals surface area contributed by atoms with Crippen molar-refractivity contribution in [2.24, 2.45) is 0 Å². The predicted octanol–water partition coefficient (Wildman–Crippen LogP) is 5.00. The fourth-order valence-corrected chi connectivity index (χ4v) is 4.50. The van der Waals surface area contributed by atoms with E-state index < -0.39 is 16.0 Å². The third-order valence-electron chi connectivity index (χ3n) is 4.41. The molecule has 0 radical (unpaired) electrons. The maximum Gasteiger partial charge on any atom is 0.335 e. The van der Waals surface area contributed by atoms with Gasteiger partial charge in [0.05, 0.1) is 22.7 Å². The monoisotopic (exact) mass is 457 g/mol. The van der Waals surface area contributed by atoms with Crippen LogP contribution in [-0.4, -0.2) is 26.0 Å². The van der Waals surface area contributed by atoms with Gasteiger partial charge in [-0.3, -0.25) is 4.31 Å². The van der Waals surface area contributed by atoms with Crippen molar-refractivity contribution in [2.45, 2.75) is 11.5 Å². The van der Waals surface area contributed by atoms with Crippen LogP contribution in [0.2, 0.25) is 5.02 Å². The summed E-state index contributed by atoms with van der Waals surface area (Å²) in [6.07, 6.45) is 1.48. The highest BCUT2D eigenvalue weighted by molar-refractivity contribution is 7.92. The molecule has 31 heavy (non-hydrogen) atoms. The van der Waals surface area contributed by atoms with Gasteiger partial charge in [0.25, 0.3) is 10.0 Å². The SMILES string of the molecule is C=CCN(c1cc(Cl)ccc1OCc1ccc(C(=O)O)cc1)S(=O)(=O)c1ccccc1. The molecule has 3 rings (SSSR count). The highest BCUT2D eigenvalue weighted by Crippen LogP contribution is 2.35. The minimum absolute atomic E-state index is 0.0151. The van der Waals surface area contributed by atoms with Gasteiger partial charge in [0.1, 0.15) is 12.4 Å². The zero-order valence-corrected chi connectivity index (χ0v) is 18.0. The van der Waals surface area contributed by atoms with Gasteiger partial charge in [-0.2, -0.15) is 0 Å². The molecule has 0 saturated carbocycles. The molecule has 0 aliphatic carbocycles. The Labute approximate surface area is 186 Å². The molecule has 0 aliphatic heterocycles. The number of hydrogen-bond acceptors (Lipinski definition) is 4. The van der Waals surface area contributed by atoms with Gasteiger partial charge in [-0.25, -0.2) is 13.2 Å². The number of ether oxygens (including phenoxy) is 1. The van der Waals surface area contributed by atoms with E-state index in [0.29, 0.717) is 10.8 Å². The molecule has 0 amide bonds. The van der Waals surface area contributed by atoms with E-state index in [9.17, 15) is 13.2 Å². The van der Waals surface area contributed by atoms with Crippen LogP contribution in [0.4, 0.5) is 5.69 Å². The van der Waals surface area contributed by atoms with Crippen LogP contribution in [0, 0.1) is 0 Å². The topological polar surface area (TPSA) is 83.9 Å². The van der Waals surface area contributed by atoms with Crippen LogP contribution in [0.3, 0.4) is 0 Å². The van der Waals surface area contributed by atoms with E-state index >= 15 is 0 Å². The van der Waals surface area contributed by atoms with Crippen molar-refractivity contribution < 1.29 is 23.1 Å². The maximum absolute atomic E-state index is 13.3. The van der Waals surface area contributed by atoms with E-state index in [-0.39, 0.29) is 29.3 Å². The second kappa shape index (κ2) is 9.68. The van der Waals surface area contributed by atoms with Crippen LogP contribution in [0.25, 0.3) is 0 Å². The summed E-state index contributed by atoms with van der Waals surface area (Å²) in [4.78, 5) is 11.1. The summed E-state index contributed by atoms with van der Waals surface area (Å²) in [5.74, 6) is -0.702. The highest BCUT2D eigenvalue weighted by atomic mass is 35.5. The molecule has 1 N–H and O–H groups in total. The number of nitrogens with zero attached hydrogens (tertiary/aromatic N) is 1. The summed E-state index contributed by atoms with van der Waals surface area (Å²) in [7, 11) is -3.90. The second-order valence-corrected chi connectivity index (χ2v) is 8.84. The molecule has 0 bridgehead atoms. The number of rotatable bonds is 9. The largest absolute Gasteiger partial charge is 0.487 e. The lowest BCUT2D eigenvalue weighted by Gasteiger charge is -2.25. The number of anilines is 1. The molecule has 3 aromatic rings. The summed E-state index contributed by atoms with van der Waals surface area (Å²) < 4.78 is 33.6. The normalized spacial score (nSPS) is 11.0. The standard InChI is InChI=1S/C23H20ClNO5S/c1-2-14-25(31(28,29)20-6-4-3-5-7-20)21-15-19(24)12-13-22(21)30-16-17-8-10-18(11-9-17)23(26)27/h2-13,15H,1,14,16H2,(H,26,27). The highest BCUT2D eigenvalue weighted by Gasteiger charge is 2.26. The van der Waals surface area contributed by atoms with E-state index in [4.69, 9.17) is 21.4 Å². The molecule has 0 unspecified atom stereocenters. The average Bonchev–Trinajstić information content (AvgIpc) is 2.77. The molecule has 0 aliphatic rings. The Kier molecular flexibility index (Phi) is 6.99. The number of sulfonamides is 1. The third-order valence-corrected chi connectivity index (χ3v) is 6.44. The fourth-order valence-electron chi connectivity index (χ4n) is 2.88. The quantitative estimate of drug-likeness (QED) is 0.457. The molecule has 0 fully saturated rings. The number of carboxylic acids is 1. The van der Waals surface area contributed by atoms with E-state index in [1.165, 1.54) is 40.7 Å². The summed E-state index contributed by atoms with van der Waals surface area (Å²) in [6, 6.07) is 19.0. The Morgan fingerprint density at radius 1 is 1.06 bits per heavy atom. The summed E-state index contributed by atoms with van der Waals surface area (Å²) in [6.45, 7) is 3.80. The van der Waals surface area contributed by atoms with Crippen LogP contribution < -0.4 is 9.04 Å². The van der Waals surface area contributed by atoms with E-state index in [1.807, 2.05) is 0 Å².